The van der Waals surface area contributed by atoms with E-state index in [2.05, 4.69) is 29.3 Å². The number of rotatable bonds is 3. The van der Waals surface area contributed by atoms with Gasteiger partial charge in [0.15, 0.2) is 0 Å². The molecule has 0 aromatic carbocycles. The van der Waals surface area contributed by atoms with Gasteiger partial charge in [-0.3, -0.25) is 4.90 Å². The van der Waals surface area contributed by atoms with E-state index in [1.165, 1.54) is 9.75 Å². The zero-order valence-corrected chi connectivity index (χ0v) is 12.6. The predicted octanol–water partition coefficient (Wildman–Crippen LogP) is 2.29. The maximum Gasteiger partial charge on any atom is 0.317 e. The molecule has 2 amide bonds. The van der Waals surface area contributed by atoms with Gasteiger partial charge in [0, 0.05) is 49.0 Å². The highest BCUT2D eigenvalue weighted by Gasteiger charge is 2.18. The molecule has 0 radical (unpaired) electrons. The minimum absolute atomic E-state index is 0.0799. The largest absolute Gasteiger partial charge is 0.338 e. The molecule has 1 aliphatic rings. The second-order valence-corrected chi connectivity index (χ2v) is 6.34. The van der Waals surface area contributed by atoms with Crippen LogP contribution in [-0.2, 0) is 6.54 Å². The van der Waals surface area contributed by atoms with Gasteiger partial charge < -0.3 is 10.2 Å². The van der Waals surface area contributed by atoms with Crippen LogP contribution in [0.4, 0.5) is 4.79 Å². The molecule has 0 aliphatic carbocycles. The molecule has 5 heteroatoms. The average Bonchev–Trinajstić information content (AvgIpc) is 2.64. The number of carbonyl (C=O) groups is 1. The van der Waals surface area contributed by atoms with Gasteiger partial charge in [0.2, 0.25) is 0 Å². The lowest BCUT2D eigenvalue weighted by Gasteiger charge is -2.21. The molecule has 4 nitrogen and oxygen atoms in total. The summed E-state index contributed by atoms with van der Waals surface area (Å²) in [5, 5.41) is 2.88. The highest BCUT2D eigenvalue weighted by atomic mass is 32.1. The Morgan fingerprint density at radius 3 is 2.84 bits per heavy atom. The molecule has 1 saturated heterocycles. The van der Waals surface area contributed by atoms with Crippen molar-refractivity contribution >= 4 is 17.4 Å². The van der Waals surface area contributed by atoms with Crippen LogP contribution in [0, 0.1) is 6.92 Å². The number of amides is 2. The average molecular weight is 281 g/mol. The molecule has 1 aromatic heterocycles. The number of thiophene rings is 1. The van der Waals surface area contributed by atoms with Crippen LogP contribution in [0.5, 0.6) is 0 Å². The van der Waals surface area contributed by atoms with Crippen molar-refractivity contribution in [3.63, 3.8) is 0 Å². The minimum atomic E-state index is 0.0799. The summed E-state index contributed by atoms with van der Waals surface area (Å²) < 4.78 is 0. The van der Waals surface area contributed by atoms with Gasteiger partial charge >= 0.3 is 6.03 Å². The monoisotopic (exact) mass is 281 g/mol. The second-order valence-electron chi connectivity index (χ2n) is 4.96. The summed E-state index contributed by atoms with van der Waals surface area (Å²) in [6, 6.07) is 4.47. The van der Waals surface area contributed by atoms with Crippen LogP contribution in [0.15, 0.2) is 12.1 Å². The summed E-state index contributed by atoms with van der Waals surface area (Å²) in [5.74, 6) is 0. The Morgan fingerprint density at radius 2 is 2.16 bits per heavy atom. The molecule has 1 aromatic rings. The molecule has 0 spiro atoms. The molecule has 2 heterocycles. The topological polar surface area (TPSA) is 35.6 Å². The van der Waals surface area contributed by atoms with Gasteiger partial charge in [0.25, 0.3) is 0 Å². The molecular weight excluding hydrogens is 258 g/mol. The van der Waals surface area contributed by atoms with E-state index in [0.717, 1.165) is 39.1 Å². The zero-order valence-electron chi connectivity index (χ0n) is 11.8. The van der Waals surface area contributed by atoms with Gasteiger partial charge in [-0.15, -0.1) is 11.3 Å². The number of urea groups is 1. The third kappa shape index (κ3) is 4.21. The predicted molar refractivity (Wildman–Crippen MR) is 79.6 cm³/mol. The standard InChI is InChI=1S/C14H23N3OS/c1-3-15-14(18)17-8-4-7-16(9-10-17)11-13-6-5-12(2)19-13/h5-6H,3-4,7-11H2,1-2H3,(H,15,18). The fourth-order valence-electron chi connectivity index (χ4n) is 2.39. The van der Waals surface area contributed by atoms with Crippen molar-refractivity contribution < 1.29 is 4.79 Å². The molecule has 106 valence electrons. The Balaban J connectivity index is 1.84. The number of nitrogens with zero attached hydrogens (tertiary/aromatic N) is 2. The summed E-state index contributed by atoms with van der Waals surface area (Å²) >= 11 is 1.87. The molecule has 2 rings (SSSR count). The first-order chi connectivity index (χ1) is 9.19. The van der Waals surface area contributed by atoms with Crippen LogP contribution in [0.2, 0.25) is 0 Å². The van der Waals surface area contributed by atoms with E-state index in [0.29, 0.717) is 6.54 Å². The Bertz CT molecular complexity index is 419. The van der Waals surface area contributed by atoms with Crippen molar-refractivity contribution in [2.24, 2.45) is 0 Å². The van der Waals surface area contributed by atoms with Crippen molar-refractivity contribution in [3.8, 4) is 0 Å². The normalized spacial score (nSPS) is 17.3. The fraction of sp³-hybridized carbons (Fsp3) is 0.643. The fourth-order valence-corrected chi connectivity index (χ4v) is 3.32. The molecule has 0 unspecified atom stereocenters. The van der Waals surface area contributed by atoms with E-state index in [9.17, 15) is 4.79 Å². The third-order valence-electron chi connectivity index (χ3n) is 3.38. The summed E-state index contributed by atoms with van der Waals surface area (Å²) in [6.07, 6.45) is 1.06. The van der Waals surface area contributed by atoms with E-state index >= 15 is 0 Å². The highest BCUT2D eigenvalue weighted by Crippen LogP contribution is 2.18. The molecule has 0 saturated carbocycles. The first-order valence-electron chi connectivity index (χ1n) is 6.99. The van der Waals surface area contributed by atoms with Crippen LogP contribution in [0.3, 0.4) is 0 Å². The minimum Gasteiger partial charge on any atom is -0.338 e. The Hall–Kier alpha value is -1.07. The number of aryl methyl sites for hydroxylation is 1. The lowest BCUT2D eigenvalue weighted by Crippen LogP contribution is -2.41. The van der Waals surface area contributed by atoms with Crippen LogP contribution in [0.25, 0.3) is 0 Å². The van der Waals surface area contributed by atoms with E-state index < -0.39 is 0 Å². The van der Waals surface area contributed by atoms with E-state index in [1.54, 1.807) is 0 Å². The Kier molecular flexibility index (Phi) is 5.22. The van der Waals surface area contributed by atoms with E-state index in [1.807, 2.05) is 23.2 Å². The molecule has 1 fully saturated rings. The van der Waals surface area contributed by atoms with E-state index in [4.69, 9.17) is 0 Å². The number of hydrogen-bond donors (Lipinski definition) is 1. The van der Waals surface area contributed by atoms with Gasteiger partial charge in [0.1, 0.15) is 0 Å². The summed E-state index contributed by atoms with van der Waals surface area (Å²) in [7, 11) is 0. The quantitative estimate of drug-likeness (QED) is 0.922. The van der Waals surface area contributed by atoms with Crippen LogP contribution < -0.4 is 5.32 Å². The molecule has 1 N–H and O–H groups in total. The maximum atomic E-state index is 11.8. The molecule has 0 bridgehead atoms. The van der Waals surface area contributed by atoms with Gasteiger partial charge in [-0.1, -0.05) is 0 Å². The molecular formula is C14H23N3OS. The Morgan fingerprint density at radius 1 is 1.32 bits per heavy atom. The molecule has 1 aliphatic heterocycles. The first kappa shape index (κ1) is 14.3. The number of hydrogen-bond acceptors (Lipinski definition) is 3. The zero-order chi connectivity index (χ0) is 13.7. The van der Waals surface area contributed by atoms with Crippen molar-refractivity contribution in [1.82, 2.24) is 15.1 Å². The SMILES string of the molecule is CCNC(=O)N1CCCN(Cc2ccc(C)s2)CC1. The lowest BCUT2D eigenvalue weighted by atomic mass is 10.3. The van der Waals surface area contributed by atoms with Crippen molar-refractivity contribution in [2.45, 2.75) is 26.8 Å². The number of carbonyl (C=O) groups excluding carboxylic acids is 1. The van der Waals surface area contributed by atoms with Crippen LogP contribution >= 0.6 is 11.3 Å². The third-order valence-corrected chi connectivity index (χ3v) is 4.36. The van der Waals surface area contributed by atoms with Crippen LogP contribution in [0.1, 0.15) is 23.1 Å². The summed E-state index contributed by atoms with van der Waals surface area (Å²) in [6.45, 7) is 9.56. The van der Waals surface area contributed by atoms with Gasteiger partial charge in [-0.05, 0) is 32.4 Å². The summed E-state index contributed by atoms with van der Waals surface area (Å²) in [4.78, 5) is 19.0. The van der Waals surface area contributed by atoms with Crippen molar-refractivity contribution in [1.29, 1.82) is 0 Å². The highest BCUT2D eigenvalue weighted by molar-refractivity contribution is 7.11. The number of nitrogens with one attached hydrogen (secondary N) is 1. The smallest absolute Gasteiger partial charge is 0.317 e. The van der Waals surface area contributed by atoms with Crippen LogP contribution in [-0.4, -0.2) is 48.6 Å². The maximum absolute atomic E-state index is 11.8. The molecule has 0 atom stereocenters. The van der Waals surface area contributed by atoms with Gasteiger partial charge in [0.05, 0.1) is 0 Å². The van der Waals surface area contributed by atoms with Gasteiger partial charge in [-0.2, -0.15) is 0 Å². The summed E-state index contributed by atoms with van der Waals surface area (Å²) in [5.41, 5.74) is 0. The Labute approximate surface area is 119 Å². The van der Waals surface area contributed by atoms with Gasteiger partial charge in [-0.25, -0.2) is 4.79 Å². The second kappa shape index (κ2) is 6.91. The van der Waals surface area contributed by atoms with Crippen molar-refractivity contribution in [3.05, 3.63) is 21.9 Å². The van der Waals surface area contributed by atoms with Crippen molar-refractivity contribution in [2.75, 3.05) is 32.7 Å². The van der Waals surface area contributed by atoms with E-state index in [-0.39, 0.29) is 6.03 Å². The lowest BCUT2D eigenvalue weighted by molar-refractivity contribution is 0.198. The first-order valence-corrected chi connectivity index (χ1v) is 7.81. The molecule has 19 heavy (non-hydrogen) atoms.